The summed E-state index contributed by atoms with van der Waals surface area (Å²) in [5.74, 6) is 0. The van der Waals surface area contributed by atoms with Gasteiger partial charge < -0.3 is 4.74 Å². The smallest absolute Gasteiger partial charge is 0.0388 e. The van der Waals surface area contributed by atoms with Gasteiger partial charge in [0, 0.05) is 35.4 Å². The Kier molecular flexibility index (Phi) is 5.81. The molecule has 0 saturated carbocycles. The minimum atomic E-state index is 0. The van der Waals surface area contributed by atoms with Gasteiger partial charge in [0.15, 0.2) is 0 Å². The van der Waals surface area contributed by atoms with E-state index < -0.39 is 0 Å². The number of hydrogen-bond donors (Lipinski definition) is 0. The van der Waals surface area contributed by atoms with E-state index in [0.717, 1.165) is 13.0 Å². The summed E-state index contributed by atoms with van der Waals surface area (Å²) in [4.78, 5) is 0. The molecule has 14 heavy (non-hydrogen) atoms. The first-order valence-electron chi connectivity index (χ1n) is 4.79. The summed E-state index contributed by atoms with van der Waals surface area (Å²) in [5, 5.41) is 0. The van der Waals surface area contributed by atoms with Gasteiger partial charge in [0.25, 0.3) is 0 Å². The summed E-state index contributed by atoms with van der Waals surface area (Å²) in [6.45, 7) is 7.53. The molecular weight excluding hydrogens is 208 g/mol. The van der Waals surface area contributed by atoms with E-state index in [1.165, 1.54) is 11.1 Å². The third-order valence-electron chi connectivity index (χ3n) is 2.28. The maximum Gasteiger partial charge on any atom is 0.0388 e. The molecule has 1 nitrogen and oxygen atoms in total. The van der Waals surface area contributed by atoms with Crippen molar-refractivity contribution in [2.24, 2.45) is 0 Å². The van der Waals surface area contributed by atoms with Gasteiger partial charge in [0.2, 0.25) is 0 Å². The number of hydrogen-bond acceptors (Lipinski definition) is 1. The molecular formula is C12H19OTi-. The van der Waals surface area contributed by atoms with Crippen molar-refractivity contribution in [2.75, 3.05) is 13.7 Å². The minimum Gasteiger partial charge on any atom is -0.385 e. The van der Waals surface area contributed by atoms with Gasteiger partial charge in [-0.05, 0) is 0 Å². The topological polar surface area (TPSA) is 9.23 Å². The summed E-state index contributed by atoms with van der Waals surface area (Å²) in [5.41, 5.74) is 3.07. The third kappa shape index (κ3) is 4.04. The van der Waals surface area contributed by atoms with E-state index in [0.29, 0.717) is 0 Å². The molecule has 0 fully saturated rings. The second-order valence-electron chi connectivity index (χ2n) is 4.50. The predicted octanol–water partition coefficient (Wildman–Crippen LogP) is 2.89. The zero-order valence-corrected chi connectivity index (χ0v) is 11.1. The quantitative estimate of drug-likeness (QED) is 0.569. The fourth-order valence-electron chi connectivity index (χ4n) is 1.33. The van der Waals surface area contributed by atoms with Gasteiger partial charge in [-0.2, -0.15) is 23.3 Å². The summed E-state index contributed by atoms with van der Waals surface area (Å²) in [6.07, 6.45) is 1.02. The van der Waals surface area contributed by atoms with Gasteiger partial charge in [-0.25, -0.2) is 6.07 Å². The number of ether oxygens (including phenoxy) is 1. The van der Waals surface area contributed by atoms with Crippen molar-refractivity contribution in [1.29, 1.82) is 0 Å². The molecule has 0 spiro atoms. The van der Waals surface area contributed by atoms with Crippen molar-refractivity contribution in [1.82, 2.24) is 0 Å². The van der Waals surface area contributed by atoms with E-state index in [1.807, 2.05) is 0 Å². The van der Waals surface area contributed by atoms with Crippen LogP contribution < -0.4 is 0 Å². The van der Waals surface area contributed by atoms with Crippen molar-refractivity contribution < 1.29 is 26.5 Å². The van der Waals surface area contributed by atoms with Crippen molar-refractivity contribution in [2.45, 2.75) is 32.6 Å². The van der Waals surface area contributed by atoms with Gasteiger partial charge in [0.05, 0.1) is 0 Å². The number of methoxy groups -OCH3 is 1. The summed E-state index contributed by atoms with van der Waals surface area (Å²) < 4.78 is 5.04. The molecule has 0 atom stereocenters. The monoisotopic (exact) mass is 227 g/mol. The number of rotatable bonds is 3. The predicted molar refractivity (Wildman–Crippen MR) is 56.3 cm³/mol. The molecule has 0 aliphatic carbocycles. The molecule has 1 aromatic rings. The molecule has 0 bridgehead atoms. The molecule has 1 rings (SSSR count). The first kappa shape index (κ1) is 14.0. The van der Waals surface area contributed by atoms with Crippen molar-refractivity contribution >= 4 is 0 Å². The average molecular weight is 227 g/mol. The van der Waals surface area contributed by atoms with Crippen LogP contribution in [0, 0.1) is 0 Å². The third-order valence-corrected chi connectivity index (χ3v) is 2.28. The van der Waals surface area contributed by atoms with E-state index in [-0.39, 0.29) is 27.1 Å². The van der Waals surface area contributed by atoms with Gasteiger partial charge in [0.1, 0.15) is 0 Å². The van der Waals surface area contributed by atoms with Gasteiger partial charge in [-0.3, -0.25) is 0 Å². The van der Waals surface area contributed by atoms with Crippen molar-refractivity contribution in [3.8, 4) is 0 Å². The SMILES string of the molecule is COCCc1cc[c-](C(C)(C)C)c1.[Ti]. The average Bonchev–Trinajstić information content (AvgIpc) is 2.47. The molecule has 0 aliphatic heterocycles. The Hall–Kier alpha value is 0.0243. The Morgan fingerprint density at radius 3 is 2.43 bits per heavy atom. The van der Waals surface area contributed by atoms with Crippen LogP contribution in [0.3, 0.4) is 0 Å². The van der Waals surface area contributed by atoms with Crippen molar-refractivity contribution in [3.63, 3.8) is 0 Å². The zero-order valence-electron chi connectivity index (χ0n) is 9.55. The molecule has 0 aromatic heterocycles. The molecule has 0 radical (unpaired) electrons. The summed E-state index contributed by atoms with van der Waals surface area (Å²) >= 11 is 0. The zero-order chi connectivity index (χ0) is 9.90. The Labute approximate surface area is 102 Å². The first-order chi connectivity index (χ1) is 6.04. The Balaban J connectivity index is 0.00000169. The van der Waals surface area contributed by atoms with Gasteiger partial charge in [-0.1, -0.05) is 32.6 Å². The van der Waals surface area contributed by atoms with Crippen LogP contribution in [0.1, 0.15) is 31.9 Å². The van der Waals surface area contributed by atoms with E-state index in [1.54, 1.807) is 7.11 Å². The molecule has 2 heteroatoms. The van der Waals surface area contributed by atoms with E-state index in [2.05, 4.69) is 39.0 Å². The normalized spacial score (nSPS) is 11.1. The molecule has 0 heterocycles. The standard InChI is InChI=1S/C12H19O.Ti/c1-12(2,3)11-6-5-10(9-11)7-8-13-4;/h5-6,9H,7-8H2,1-4H3;/q-1;. The molecule has 1 aromatic carbocycles. The van der Waals surface area contributed by atoms with E-state index in [4.69, 9.17) is 4.74 Å². The van der Waals surface area contributed by atoms with Crippen LogP contribution in [-0.4, -0.2) is 13.7 Å². The van der Waals surface area contributed by atoms with Crippen LogP contribution in [0.2, 0.25) is 0 Å². The van der Waals surface area contributed by atoms with Crippen LogP contribution in [0.5, 0.6) is 0 Å². The molecule has 0 unspecified atom stereocenters. The fraction of sp³-hybridized carbons (Fsp3) is 0.583. The van der Waals surface area contributed by atoms with Crippen LogP contribution in [-0.2, 0) is 38.3 Å². The van der Waals surface area contributed by atoms with E-state index >= 15 is 0 Å². The second kappa shape index (κ2) is 5.80. The Morgan fingerprint density at radius 2 is 2.00 bits per heavy atom. The molecule has 78 valence electrons. The van der Waals surface area contributed by atoms with Crippen LogP contribution in [0.15, 0.2) is 18.2 Å². The fourth-order valence-corrected chi connectivity index (χ4v) is 1.33. The van der Waals surface area contributed by atoms with Crippen LogP contribution in [0.25, 0.3) is 0 Å². The molecule has 0 amide bonds. The molecule has 0 aliphatic rings. The maximum atomic E-state index is 5.04. The van der Waals surface area contributed by atoms with Gasteiger partial charge in [-0.15, -0.1) is 0 Å². The largest absolute Gasteiger partial charge is 0.385 e. The second-order valence-corrected chi connectivity index (χ2v) is 4.50. The molecule has 0 N–H and O–H groups in total. The first-order valence-corrected chi connectivity index (χ1v) is 4.79. The molecule has 0 saturated heterocycles. The maximum absolute atomic E-state index is 5.04. The minimum absolute atomic E-state index is 0. The van der Waals surface area contributed by atoms with Crippen LogP contribution in [0.4, 0.5) is 0 Å². The Morgan fingerprint density at radius 1 is 1.36 bits per heavy atom. The van der Waals surface area contributed by atoms with Crippen molar-refractivity contribution in [3.05, 3.63) is 29.3 Å². The Bertz CT molecular complexity index is 258. The summed E-state index contributed by atoms with van der Waals surface area (Å²) in [7, 11) is 1.74. The van der Waals surface area contributed by atoms with Gasteiger partial charge >= 0.3 is 0 Å². The summed E-state index contributed by atoms with van der Waals surface area (Å²) in [6, 6.07) is 6.68. The van der Waals surface area contributed by atoms with E-state index in [9.17, 15) is 0 Å². The van der Waals surface area contributed by atoms with Crippen LogP contribution >= 0.6 is 0 Å².